The molecule has 0 aromatic rings. The van der Waals surface area contributed by atoms with Crippen LogP contribution in [0.1, 0.15) is 46.0 Å². The summed E-state index contributed by atoms with van der Waals surface area (Å²) in [5, 5.41) is 0. The predicted molar refractivity (Wildman–Crippen MR) is 54.9 cm³/mol. The van der Waals surface area contributed by atoms with Crippen LogP contribution in [-0.4, -0.2) is 23.2 Å². The Morgan fingerprint density at radius 1 is 0.833 bits per heavy atom. The molecule has 0 aliphatic carbocycles. The molecule has 3 heteroatoms. The van der Waals surface area contributed by atoms with Gasteiger partial charge in [0.05, 0.1) is 0 Å². The molecule has 0 aromatic carbocycles. The van der Waals surface area contributed by atoms with Crippen molar-refractivity contribution >= 4 is 10.0 Å². The molecule has 0 radical (unpaired) electrons. The minimum absolute atomic E-state index is 0.637. The maximum absolute atomic E-state index is 5.40. The van der Waals surface area contributed by atoms with Gasteiger partial charge in [-0.3, -0.25) is 0 Å². The van der Waals surface area contributed by atoms with Gasteiger partial charge in [-0.25, -0.2) is 0 Å². The third kappa shape index (κ3) is 10.1. The van der Waals surface area contributed by atoms with Crippen molar-refractivity contribution in [1.82, 2.24) is 0 Å². The van der Waals surface area contributed by atoms with Crippen LogP contribution in [0.4, 0.5) is 0 Å². The molecule has 0 N–H and O–H groups in total. The van der Waals surface area contributed by atoms with Crippen molar-refractivity contribution in [3.8, 4) is 0 Å². The summed E-state index contributed by atoms with van der Waals surface area (Å²) in [6.07, 6.45) is 6.13. The summed E-state index contributed by atoms with van der Waals surface area (Å²) in [6, 6.07) is 0. The summed E-state index contributed by atoms with van der Waals surface area (Å²) < 4.78 is 10.8. The van der Waals surface area contributed by atoms with Crippen molar-refractivity contribution in [3.05, 3.63) is 0 Å². The third-order valence-corrected chi connectivity index (χ3v) is 2.61. The molecule has 0 spiro atoms. The molecule has 0 fully saturated rings. The van der Waals surface area contributed by atoms with Gasteiger partial charge in [-0.05, 0) is 12.8 Å². The number of hydrogen-bond acceptors (Lipinski definition) is 2. The Morgan fingerprint density at radius 2 is 1.42 bits per heavy atom. The first-order chi connectivity index (χ1) is 5.91. The Bertz CT molecular complexity index is 68.9. The molecule has 0 aromatic heterocycles. The van der Waals surface area contributed by atoms with Crippen LogP contribution in [0.2, 0.25) is 0 Å². The first-order valence-corrected chi connectivity index (χ1v) is 6.22. The van der Waals surface area contributed by atoms with Gasteiger partial charge in [-0.2, -0.15) is 0 Å². The summed E-state index contributed by atoms with van der Waals surface area (Å²) in [5.41, 5.74) is 0. The van der Waals surface area contributed by atoms with Gasteiger partial charge < -0.3 is 8.85 Å². The maximum Gasteiger partial charge on any atom is 0.304 e. The first-order valence-electron chi connectivity index (χ1n) is 5.07. The summed E-state index contributed by atoms with van der Waals surface area (Å²) in [5.74, 6) is 0. The summed E-state index contributed by atoms with van der Waals surface area (Å²) in [7, 11) is -0.637. The van der Waals surface area contributed by atoms with E-state index in [0.29, 0.717) is 0 Å². The lowest BCUT2D eigenvalue weighted by Crippen LogP contribution is -2.06. The van der Waals surface area contributed by atoms with Gasteiger partial charge in [0.15, 0.2) is 0 Å². The van der Waals surface area contributed by atoms with Gasteiger partial charge in [0, 0.05) is 13.2 Å². The molecule has 0 amide bonds. The lowest BCUT2D eigenvalue weighted by atomic mass is 10.3. The highest BCUT2D eigenvalue weighted by Gasteiger charge is 1.89. The van der Waals surface area contributed by atoms with Crippen LogP contribution < -0.4 is 0 Å². The zero-order valence-electron chi connectivity index (χ0n) is 8.47. The minimum atomic E-state index is -0.637. The molecule has 0 atom stereocenters. The van der Waals surface area contributed by atoms with Crippen LogP contribution in [0.25, 0.3) is 0 Å². The van der Waals surface area contributed by atoms with Gasteiger partial charge in [0.2, 0.25) is 0 Å². The van der Waals surface area contributed by atoms with E-state index in [-0.39, 0.29) is 0 Å². The van der Waals surface area contributed by atoms with Crippen LogP contribution >= 0.6 is 0 Å². The van der Waals surface area contributed by atoms with Gasteiger partial charge in [-0.1, -0.05) is 33.1 Å². The molecule has 2 nitrogen and oxygen atoms in total. The van der Waals surface area contributed by atoms with E-state index < -0.39 is 10.0 Å². The summed E-state index contributed by atoms with van der Waals surface area (Å²) in [4.78, 5) is 0. The summed E-state index contributed by atoms with van der Waals surface area (Å²) >= 11 is 0. The van der Waals surface area contributed by atoms with Crippen molar-refractivity contribution in [2.75, 3.05) is 13.2 Å². The molecule has 0 saturated heterocycles. The van der Waals surface area contributed by atoms with Gasteiger partial charge >= 0.3 is 10.0 Å². The summed E-state index contributed by atoms with van der Waals surface area (Å²) in [6.45, 7) is 6.19. The second-order valence-electron chi connectivity index (χ2n) is 3.00. The van der Waals surface area contributed by atoms with Crippen molar-refractivity contribution in [2.24, 2.45) is 0 Å². The van der Waals surface area contributed by atoms with Crippen LogP contribution in [0.3, 0.4) is 0 Å². The second kappa shape index (κ2) is 11.1. The van der Waals surface area contributed by atoms with Crippen LogP contribution in [-0.2, 0) is 8.85 Å². The molecule has 0 heterocycles. The monoisotopic (exact) mass is 190 g/mol. The fourth-order valence-corrected chi connectivity index (χ4v) is 1.64. The SMILES string of the molecule is CCCCCO[SiH2]OCCCC. The van der Waals surface area contributed by atoms with E-state index in [1.807, 2.05) is 0 Å². The molecular weight excluding hydrogens is 168 g/mol. The van der Waals surface area contributed by atoms with E-state index in [1.54, 1.807) is 0 Å². The van der Waals surface area contributed by atoms with Gasteiger partial charge in [-0.15, -0.1) is 0 Å². The van der Waals surface area contributed by atoms with Crippen molar-refractivity contribution in [2.45, 2.75) is 46.0 Å². The average molecular weight is 190 g/mol. The molecule has 74 valence electrons. The average Bonchev–Trinajstić information content (AvgIpc) is 2.10. The fourth-order valence-electron chi connectivity index (χ4n) is 0.877. The van der Waals surface area contributed by atoms with Crippen molar-refractivity contribution < 1.29 is 8.85 Å². The third-order valence-electron chi connectivity index (χ3n) is 1.70. The number of unbranched alkanes of at least 4 members (excludes halogenated alkanes) is 3. The molecule has 0 aliphatic rings. The Labute approximate surface area is 78.7 Å². The molecule has 0 rings (SSSR count). The Morgan fingerprint density at radius 3 is 2.00 bits per heavy atom. The van der Waals surface area contributed by atoms with E-state index in [1.165, 1.54) is 32.1 Å². The van der Waals surface area contributed by atoms with Crippen LogP contribution in [0.15, 0.2) is 0 Å². The van der Waals surface area contributed by atoms with Gasteiger partial charge in [0.1, 0.15) is 0 Å². The molecule has 0 aliphatic heterocycles. The van der Waals surface area contributed by atoms with E-state index in [9.17, 15) is 0 Å². The number of rotatable bonds is 9. The number of hydrogen-bond donors (Lipinski definition) is 0. The largest absolute Gasteiger partial charge is 0.399 e. The second-order valence-corrected chi connectivity index (χ2v) is 4.05. The van der Waals surface area contributed by atoms with E-state index in [4.69, 9.17) is 8.85 Å². The van der Waals surface area contributed by atoms with E-state index in [0.717, 1.165) is 13.2 Å². The zero-order valence-corrected chi connectivity index (χ0v) is 9.89. The Balaban J connectivity index is 2.73. The van der Waals surface area contributed by atoms with E-state index in [2.05, 4.69) is 13.8 Å². The fraction of sp³-hybridized carbons (Fsp3) is 1.00. The maximum atomic E-state index is 5.40. The normalized spacial score (nSPS) is 11.5. The highest BCUT2D eigenvalue weighted by atomic mass is 28.3. The topological polar surface area (TPSA) is 18.5 Å². The minimum Gasteiger partial charge on any atom is -0.399 e. The van der Waals surface area contributed by atoms with Crippen molar-refractivity contribution in [1.29, 1.82) is 0 Å². The molecule has 0 unspecified atom stereocenters. The van der Waals surface area contributed by atoms with Crippen molar-refractivity contribution in [3.63, 3.8) is 0 Å². The molecule has 0 saturated carbocycles. The smallest absolute Gasteiger partial charge is 0.304 e. The lowest BCUT2D eigenvalue weighted by Gasteiger charge is -2.03. The van der Waals surface area contributed by atoms with Gasteiger partial charge in [0.25, 0.3) is 0 Å². The Kier molecular flexibility index (Phi) is 11.3. The zero-order chi connectivity index (χ0) is 9.07. The Hall–Kier alpha value is 0.137. The van der Waals surface area contributed by atoms with Crippen LogP contribution in [0, 0.1) is 0 Å². The highest BCUT2D eigenvalue weighted by molar-refractivity contribution is 6.17. The predicted octanol–water partition coefficient (Wildman–Crippen LogP) is 2.01. The molecular formula is C9H22O2Si. The van der Waals surface area contributed by atoms with E-state index >= 15 is 0 Å². The van der Waals surface area contributed by atoms with Crippen LogP contribution in [0.5, 0.6) is 0 Å². The quantitative estimate of drug-likeness (QED) is 0.409. The molecule has 0 bridgehead atoms. The standard InChI is InChI=1S/C9H22O2Si/c1-3-5-7-9-11-12-10-8-6-4-2/h3-9,12H2,1-2H3. The first kappa shape index (κ1) is 12.1. The molecule has 12 heavy (non-hydrogen) atoms. The lowest BCUT2D eigenvalue weighted by molar-refractivity contribution is 0.215. The highest BCUT2D eigenvalue weighted by Crippen LogP contribution is 1.93.